The number of aliphatic hydroxyl groups excluding tert-OH is 1. The summed E-state index contributed by atoms with van der Waals surface area (Å²) < 4.78 is 5.93. The number of rotatable bonds is 6. The molecule has 4 nitrogen and oxygen atoms in total. The van der Waals surface area contributed by atoms with E-state index < -0.39 is 0 Å². The Morgan fingerprint density at radius 1 is 1.12 bits per heavy atom. The van der Waals surface area contributed by atoms with Crippen LogP contribution in [0.2, 0.25) is 0 Å². The first kappa shape index (κ1) is 15.9. The van der Waals surface area contributed by atoms with Crippen LogP contribution in [0.5, 0.6) is 5.75 Å². The summed E-state index contributed by atoms with van der Waals surface area (Å²) in [5.74, 6) is 1.56. The van der Waals surface area contributed by atoms with Gasteiger partial charge in [0.25, 0.3) is 0 Å². The first-order chi connectivity index (χ1) is 11.8. The molecule has 2 aliphatic rings. The van der Waals surface area contributed by atoms with Crippen LogP contribution in [0.25, 0.3) is 0 Å². The maximum Gasteiger partial charge on any atom is 0.124 e. The lowest BCUT2D eigenvalue weighted by molar-refractivity contribution is 0.00688. The molecule has 2 aliphatic carbocycles. The first-order valence-electron chi connectivity index (χ1n) is 8.91. The summed E-state index contributed by atoms with van der Waals surface area (Å²) in [4.78, 5) is 4.69. The normalized spacial score (nSPS) is 23.9. The van der Waals surface area contributed by atoms with Gasteiger partial charge in [-0.2, -0.15) is 0 Å². The summed E-state index contributed by atoms with van der Waals surface area (Å²) in [6.45, 7) is 0.755. The van der Waals surface area contributed by atoms with Crippen LogP contribution in [0.15, 0.2) is 29.6 Å². The van der Waals surface area contributed by atoms with Crippen LogP contribution >= 0.6 is 11.3 Å². The fraction of sp³-hybridized carbons (Fsp3) is 0.526. The Morgan fingerprint density at radius 3 is 2.67 bits per heavy atom. The average molecular weight is 344 g/mol. The monoisotopic (exact) mass is 344 g/mol. The van der Waals surface area contributed by atoms with Gasteiger partial charge in [0.15, 0.2) is 0 Å². The molecule has 0 bridgehead atoms. The third kappa shape index (κ3) is 3.90. The fourth-order valence-corrected chi connectivity index (χ4v) is 4.15. The Morgan fingerprint density at radius 2 is 1.92 bits per heavy atom. The van der Waals surface area contributed by atoms with Crippen LogP contribution in [0, 0.1) is 0 Å². The molecule has 0 unspecified atom stereocenters. The third-order valence-corrected chi connectivity index (χ3v) is 5.84. The van der Waals surface area contributed by atoms with Gasteiger partial charge < -0.3 is 15.2 Å². The number of anilines is 1. The van der Waals surface area contributed by atoms with Crippen LogP contribution in [-0.2, 0) is 6.54 Å². The minimum atomic E-state index is -0.332. The molecular formula is C19H24N2O2S. The van der Waals surface area contributed by atoms with E-state index in [-0.39, 0.29) is 12.2 Å². The summed E-state index contributed by atoms with van der Waals surface area (Å²) in [5, 5.41) is 16.9. The minimum Gasteiger partial charge on any atom is -0.488 e. The molecule has 2 saturated carbocycles. The second-order valence-corrected chi connectivity index (χ2v) is 7.73. The van der Waals surface area contributed by atoms with Crippen LogP contribution in [0.4, 0.5) is 5.69 Å². The molecule has 4 rings (SSSR count). The molecule has 2 N–H and O–H groups in total. The minimum absolute atomic E-state index is 0.0617. The lowest BCUT2D eigenvalue weighted by Gasteiger charge is -2.28. The Kier molecular flexibility index (Phi) is 4.72. The molecule has 5 heteroatoms. The molecule has 0 spiro atoms. The quantitative estimate of drug-likeness (QED) is 0.820. The van der Waals surface area contributed by atoms with Gasteiger partial charge in [0.1, 0.15) is 11.9 Å². The summed E-state index contributed by atoms with van der Waals surface area (Å²) in [6.07, 6.45) is 6.24. The lowest BCUT2D eigenvalue weighted by Crippen LogP contribution is -2.34. The highest BCUT2D eigenvalue weighted by molar-refractivity contribution is 7.09. The van der Waals surface area contributed by atoms with Crippen molar-refractivity contribution in [3.63, 3.8) is 0 Å². The molecule has 24 heavy (non-hydrogen) atoms. The van der Waals surface area contributed by atoms with Crippen molar-refractivity contribution in [1.82, 2.24) is 4.98 Å². The number of hydrogen-bond acceptors (Lipinski definition) is 5. The Bertz CT molecular complexity index is 666. The van der Waals surface area contributed by atoms with E-state index >= 15 is 0 Å². The van der Waals surface area contributed by atoms with E-state index in [1.807, 2.05) is 24.3 Å². The predicted molar refractivity (Wildman–Crippen MR) is 96.7 cm³/mol. The molecule has 0 amide bonds. The summed E-state index contributed by atoms with van der Waals surface area (Å²) in [7, 11) is 0. The van der Waals surface area contributed by atoms with Gasteiger partial charge in [0, 0.05) is 17.0 Å². The SMILES string of the molecule is O[C@@H]1CCCC[C@@H]1Oc1ccc(NCc2csc(C3CC3)n2)cc1. The Labute approximate surface area is 146 Å². The molecule has 1 aromatic carbocycles. The molecule has 0 radical (unpaired) electrons. The second-order valence-electron chi connectivity index (χ2n) is 6.84. The smallest absolute Gasteiger partial charge is 0.124 e. The highest BCUT2D eigenvalue weighted by Gasteiger charge is 2.26. The summed E-state index contributed by atoms with van der Waals surface area (Å²) >= 11 is 1.78. The molecule has 0 aliphatic heterocycles. The van der Waals surface area contributed by atoms with Crippen LogP contribution in [0.3, 0.4) is 0 Å². The molecule has 2 fully saturated rings. The van der Waals surface area contributed by atoms with Gasteiger partial charge in [0.2, 0.25) is 0 Å². The van der Waals surface area contributed by atoms with Crippen LogP contribution in [0.1, 0.15) is 55.1 Å². The number of hydrogen-bond donors (Lipinski definition) is 2. The zero-order chi connectivity index (χ0) is 16.4. The Balaban J connectivity index is 1.30. The van der Waals surface area contributed by atoms with Crippen molar-refractivity contribution in [1.29, 1.82) is 0 Å². The summed E-state index contributed by atoms with van der Waals surface area (Å²) in [6, 6.07) is 8.00. The van der Waals surface area contributed by atoms with Gasteiger partial charge >= 0.3 is 0 Å². The van der Waals surface area contributed by atoms with Gasteiger partial charge in [-0.1, -0.05) is 6.42 Å². The van der Waals surface area contributed by atoms with Gasteiger partial charge in [0.05, 0.1) is 23.4 Å². The number of benzene rings is 1. The van der Waals surface area contributed by atoms with E-state index in [0.717, 1.165) is 55.3 Å². The Hall–Kier alpha value is -1.59. The number of nitrogens with one attached hydrogen (secondary N) is 1. The fourth-order valence-electron chi connectivity index (χ4n) is 3.16. The van der Waals surface area contributed by atoms with Gasteiger partial charge in [-0.25, -0.2) is 4.98 Å². The average Bonchev–Trinajstić information content (AvgIpc) is 3.35. The van der Waals surface area contributed by atoms with Crippen molar-refractivity contribution in [3.05, 3.63) is 40.3 Å². The van der Waals surface area contributed by atoms with Crippen molar-refractivity contribution in [2.24, 2.45) is 0 Å². The van der Waals surface area contributed by atoms with Crippen molar-refractivity contribution < 1.29 is 9.84 Å². The van der Waals surface area contributed by atoms with Gasteiger partial charge in [-0.15, -0.1) is 11.3 Å². The molecule has 0 saturated heterocycles. The number of ether oxygens (including phenoxy) is 1. The van der Waals surface area contributed by atoms with Crippen molar-refractivity contribution in [3.8, 4) is 5.75 Å². The number of aromatic nitrogens is 1. The third-order valence-electron chi connectivity index (χ3n) is 4.78. The van der Waals surface area contributed by atoms with E-state index in [9.17, 15) is 5.11 Å². The van der Waals surface area contributed by atoms with Crippen LogP contribution < -0.4 is 10.1 Å². The molecule has 128 valence electrons. The van der Waals surface area contributed by atoms with Gasteiger partial charge in [-0.05, 0) is 56.4 Å². The number of aliphatic hydroxyl groups is 1. The van der Waals surface area contributed by atoms with E-state index in [1.54, 1.807) is 11.3 Å². The lowest BCUT2D eigenvalue weighted by atomic mass is 9.95. The number of thiazole rings is 1. The predicted octanol–water partition coefficient (Wildman–Crippen LogP) is 4.31. The summed E-state index contributed by atoms with van der Waals surface area (Å²) in [5.41, 5.74) is 2.18. The molecule has 1 aromatic heterocycles. The zero-order valence-corrected chi connectivity index (χ0v) is 14.6. The largest absolute Gasteiger partial charge is 0.488 e. The number of nitrogens with zero attached hydrogens (tertiary/aromatic N) is 1. The van der Waals surface area contributed by atoms with Crippen molar-refractivity contribution in [2.75, 3.05) is 5.32 Å². The highest BCUT2D eigenvalue weighted by atomic mass is 32.1. The molecule has 2 aromatic rings. The standard InChI is InChI=1S/C19H24N2O2S/c22-17-3-1-2-4-18(17)23-16-9-7-14(8-10-16)20-11-15-12-24-19(21-15)13-5-6-13/h7-10,12-13,17-18,20,22H,1-6,11H2/t17-,18+/m1/s1. The maximum atomic E-state index is 10.00. The molecule has 2 atom stereocenters. The van der Waals surface area contributed by atoms with E-state index in [4.69, 9.17) is 9.72 Å². The highest BCUT2D eigenvalue weighted by Crippen LogP contribution is 2.41. The molecular weight excluding hydrogens is 320 g/mol. The van der Waals surface area contributed by atoms with E-state index in [0.29, 0.717) is 0 Å². The second kappa shape index (κ2) is 7.11. The maximum absolute atomic E-state index is 10.00. The van der Waals surface area contributed by atoms with Crippen molar-refractivity contribution >= 4 is 17.0 Å². The topological polar surface area (TPSA) is 54.4 Å². The zero-order valence-electron chi connectivity index (χ0n) is 13.8. The van der Waals surface area contributed by atoms with Crippen LogP contribution in [-0.4, -0.2) is 22.3 Å². The first-order valence-corrected chi connectivity index (χ1v) is 9.79. The molecule has 1 heterocycles. The van der Waals surface area contributed by atoms with Gasteiger partial charge in [-0.3, -0.25) is 0 Å². The van der Waals surface area contributed by atoms with E-state index in [1.165, 1.54) is 17.8 Å². The van der Waals surface area contributed by atoms with E-state index in [2.05, 4.69) is 10.7 Å². The van der Waals surface area contributed by atoms with Crippen molar-refractivity contribution in [2.45, 2.75) is 63.2 Å².